The van der Waals surface area contributed by atoms with Gasteiger partial charge in [0.25, 0.3) is 0 Å². The average Bonchev–Trinajstić information content (AvgIpc) is 2.30. The summed E-state index contributed by atoms with van der Waals surface area (Å²) in [5, 5.41) is 9.14. The van der Waals surface area contributed by atoms with Gasteiger partial charge in [0.2, 0.25) is 0 Å². The molecule has 16 heavy (non-hydrogen) atoms. The first kappa shape index (κ1) is 9.66. The van der Waals surface area contributed by atoms with Crippen molar-refractivity contribution in [2.45, 2.75) is 18.5 Å². The van der Waals surface area contributed by atoms with Crippen LogP contribution in [-0.2, 0) is 4.74 Å². The van der Waals surface area contributed by atoms with Crippen molar-refractivity contribution >= 4 is 11.7 Å². The van der Waals surface area contributed by atoms with Crippen molar-refractivity contribution in [3.8, 4) is 0 Å². The average molecular weight is 219 g/mol. The molecule has 0 amide bonds. The summed E-state index contributed by atoms with van der Waals surface area (Å²) in [5.41, 5.74) is 1.22. The highest BCUT2D eigenvalue weighted by molar-refractivity contribution is 5.94. The Morgan fingerprint density at radius 3 is 2.62 bits per heavy atom. The molecule has 0 unspecified atom stereocenters. The predicted molar refractivity (Wildman–Crippen MR) is 58.9 cm³/mol. The molecule has 2 aliphatic heterocycles. The van der Waals surface area contributed by atoms with Gasteiger partial charge in [-0.2, -0.15) is 0 Å². The number of carboxylic acid groups (broad SMARTS) is 1. The third-order valence-electron chi connectivity index (χ3n) is 3.36. The number of fused-ring (bicyclic) bond motifs is 2. The number of carboxylic acids is 1. The van der Waals surface area contributed by atoms with E-state index in [1.54, 1.807) is 12.1 Å². The fourth-order valence-corrected chi connectivity index (χ4v) is 2.61. The minimum Gasteiger partial charge on any atom is -0.478 e. The number of morpholine rings is 1. The monoisotopic (exact) mass is 219 g/mol. The molecule has 1 aromatic rings. The van der Waals surface area contributed by atoms with E-state index in [2.05, 4.69) is 4.90 Å². The van der Waals surface area contributed by atoms with Crippen LogP contribution >= 0.6 is 0 Å². The first-order valence-electron chi connectivity index (χ1n) is 5.46. The molecule has 84 valence electrons. The number of benzene rings is 1. The second kappa shape index (κ2) is 3.49. The Balaban J connectivity index is 1.97. The largest absolute Gasteiger partial charge is 0.478 e. The Morgan fingerprint density at radius 1 is 1.31 bits per heavy atom. The van der Waals surface area contributed by atoms with E-state index in [9.17, 15) is 4.79 Å². The summed E-state index contributed by atoms with van der Waals surface area (Å²) in [5.74, 6) is -0.860. The van der Waals surface area contributed by atoms with Gasteiger partial charge in [0, 0.05) is 0 Å². The van der Waals surface area contributed by atoms with Crippen molar-refractivity contribution in [1.82, 2.24) is 0 Å². The summed E-state index contributed by atoms with van der Waals surface area (Å²) >= 11 is 0. The third kappa shape index (κ3) is 1.30. The molecule has 2 heterocycles. The quantitative estimate of drug-likeness (QED) is 0.816. The lowest BCUT2D eigenvalue weighted by Crippen LogP contribution is -2.64. The molecule has 2 bridgehead atoms. The van der Waals surface area contributed by atoms with Crippen LogP contribution in [0, 0.1) is 0 Å². The molecule has 0 aliphatic carbocycles. The fourth-order valence-electron chi connectivity index (χ4n) is 2.61. The van der Waals surface area contributed by atoms with Gasteiger partial charge in [-0.05, 0) is 18.6 Å². The minimum absolute atomic E-state index is 0.360. The van der Waals surface area contributed by atoms with E-state index in [-0.39, 0.29) is 0 Å². The van der Waals surface area contributed by atoms with Crippen molar-refractivity contribution in [2.75, 3.05) is 18.1 Å². The van der Waals surface area contributed by atoms with Gasteiger partial charge in [-0.3, -0.25) is 0 Å². The standard InChI is InChI=1S/C12H13NO3/c14-12(15)10-3-1-2-4-11(10)13-8-5-9(13)7-16-6-8/h1-4,8-9H,5-7H2,(H,14,15)/t8-,9-/m1/s1. The summed E-state index contributed by atoms with van der Waals surface area (Å²) < 4.78 is 5.39. The molecule has 1 N–H and O–H groups in total. The third-order valence-corrected chi connectivity index (χ3v) is 3.36. The molecule has 0 spiro atoms. The molecule has 2 atom stereocenters. The van der Waals surface area contributed by atoms with Gasteiger partial charge in [0.1, 0.15) is 0 Å². The zero-order valence-electron chi connectivity index (χ0n) is 8.80. The van der Waals surface area contributed by atoms with Crippen molar-refractivity contribution in [3.63, 3.8) is 0 Å². The summed E-state index contributed by atoms with van der Waals surface area (Å²) in [7, 11) is 0. The maximum atomic E-state index is 11.1. The van der Waals surface area contributed by atoms with Crippen LogP contribution in [-0.4, -0.2) is 36.4 Å². The van der Waals surface area contributed by atoms with Crippen molar-refractivity contribution in [2.24, 2.45) is 0 Å². The summed E-state index contributed by atoms with van der Waals surface area (Å²) in [6, 6.07) is 7.91. The number of hydrogen-bond donors (Lipinski definition) is 1. The van der Waals surface area contributed by atoms with E-state index in [0.717, 1.165) is 12.1 Å². The highest BCUT2D eigenvalue weighted by Gasteiger charge is 2.43. The van der Waals surface area contributed by atoms with E-state index in [4.69, 9.17) is 9.84 Å². The van der Waals surface area contributed by atoms with E-state index >= 15 is 0 Å². The lowest BCUT2D eigenvalue weighted by molar-refractivity contribution is 0.0101. The van der Waals surface area contributed by atoms with E-state index < -0.39 is 5.97 Å². The molecule has 0 saturated carbocycles. The van der Waals surface area contributed by atoms with Crippen LogP contribution in [0.1, 0.15) is 16.8 Å². The van der Waals surface area contributed by atoms with E-state index in [1.807, 2.05) is 12.1 Å². The number of anilines is 1. The summed E-state index contributed by atoms with van der Waals surface area (Å²) in [6.07, 6.45) is 1.12. The Morgan fingerprint density at radius 2 is 2.00 bits per heavy atom. The maximum absolute atomic E-state index is 11.1. The lowest BCUT2D eigenvalue weighted by atomic mass is 9.89. The molecule has 4 heteroatoms. The zero-order chi connectivity index (χ0) is 11.1. The van der Waals surface area contributed by atoms with Crippen LogP contribution < -0.4 is 4.90 Å². The highest BCUT2D eigenvalue weighted by atomic mass is 16.5. The number of carbonyl (C=O) groups is 1. The van der Waals surface area contributed by atoms with Crippen LogP contribution in [0.4, 0.5) is 5.69 Å². The number of aromatic carboxylic acids is 1. The Labute approximate surface area is 93.4 Å². The van der Waals surface area contributed by atoms with Gasteiger partial charge in [-0.15, -0.1) is 0 Å². The van der Waals surface area contributed by atoms with Crippen LogP contribution in [0.15, 0.2) is 24.3 Å². The first-order chi connectivity index (χ1) is 7.77. The predicted octanol–water partition coefficient (Wildman–Crippen LogP) is 1.36. The molecule has 4 nitrogen and oxygen atoms in total. The number of rotatable bonds is 2. The van der Waals surface area contributed by atoms with Gasteiger partial charge in [-0.1, -0.05) is 12.1 Å². The van der Waals surface area contributed by atoms with Crippen molar-refractivity contribution in [3.05, 3.63) is 29.8 Å². The fraction of sp³-hybridized carbons (Fsp3) is 0.417. The second-order valence-corrected chi connectivity index (χ2v) is 4.31. The topological polar surface area (TPSA) is 49.8 Å². The van der Waals surface area contributed by atoms with Crippen LogP contribution in [0.25, 0.3) is 0 Å². The Hall–Kier alpha value is -1.55. The molecule has 2 saturated heterocycles. The molecule has 2 aliphatic rings. The van der Waals surface area contributed by atoms with Crippen LogP contribution in [0.3, 0.4) is 0 Å². The lowest BCUT2D eigenvalue weighted by Gasteiger charge is -2.54. The number of hydrogen-bond acceptors (Lipinski definition) is 3. The Kier molecular flexibility index (Phi) is 2.11. The molecular formula is C12H13NO3. The van der Waals surface area contributed by atoms with Crippen molar-refractivity contribution < 1.29 is 14.6 Å². The summed E-state index contributed by atoms with van der Waals surface area (Å²) in [4.78, 5) is 13.3. The van der Waals surface area contributed by atoms with Crippen LogP contribution in [0.2, 0.25) is 0 Å². The minimum atomic E-state index is -0.860. The molecule has 3 rings (SSSR count). The molecular weight excluding hydrogens is 206 g/mol. The zero-order valence-corrected chi connectivity index (χ0v) is 8.80. The molecule has 1 aromatic carbocycles. The van der Waals surface area contributed by atoms with Gasteiger partial charge in [0.05, 0.1) is 36.5 Å². The SMILES string of the molecule is O=C(O)c1ccccc1N1[C@H]2COC[C@H]1C2. The van der Waals surface area contributed by atoms with Gasteiger partial charge in [0.15, 0.2) is 0 Å². The highest BCUT2D eigenvalue weighted by Crippen LogP contribution is 2.37. The molecule has 0 aromatic heterocycles. The molecule has 2 fully saturated rings. The summed E-state index contributed by atoms with van der Waals surface area (Å²) in [6.45, 7) is 1.43. The second-order valence-electron chi connectivity index (χ2n) is 4.31. The Bertz CT molecular complexity index is 418. The molecule has 0 radical (unpaired) electrons. The smallest absolute Gasteiger partial charge is 0.337 e. The van der Waals surface area contributed by atoms with Gasteiger partial charge >= 0.3 is 5.97 Å². The maximum Gasteiger partial charge on any atom is 0.337 e. The number of ether oxygens (including phenoxy) is 1. The van der Waals surface area contributed by atoms with E-state index in [0.29, 0.717) is 30.9 Å². The van der Waals surface area contributed by atoms with Gasteiger partial charge < -0.3 is 14.7 Å². The number of nitrogens with zero attached hydrogens (tertiary/aromatic N) is 1. The number of para-hydroxylation sites is 1. The van der Waals surface area contributed by atoms with Crippen molar-refractivity contribution in [1.29, 1.82) is 0 Å². The van der Waals surface area contributed by atoms with Gasteiger partial charge in [-0.25, -0.2) is 4.79 Å². The van der Waals surface area contributed by atoms with E-state index in [1.165, 1.54) is 0 Å². The first-order valence-corrected chi connectivity index (χ1v) is 5.46. The van der Waals surface area contributed by atoms with Crippen LogP contribution in [0.5, 0.6) is 0 Å². The normalized spacial score (nSPS) is 27.4.